The number of aromatic nitrogens is 2. The Balaban J connectivity index is 2.58. The molecule has 1 aromatic heterocycles. The van der Waals surface area contributed by atoms with Crippen LogP contribution >= 0.6 is 0 Å². The van der Waals surface area contributed by atoms with Gasteiger partial charge in [0.15, 0.2) is 0 Å². The number of rotatable bonds is 8. The maximum absolute atomic E-state index is 11.8. The molecule has 0 aliphatic rings. The molecule has 0 saturated heterocycles. The monoisotopic (exact) mass is 267 g/mol. The van der Waals surface area contributed by atoms with Crippen LogP contribution in [0.1, 0.15) is 45.9 Å². The fourth-order valence-electron chi connectivity index (χ4n) is 1.87. The van der Waals surface area contributed by atoms with Gasteiger partial charge in [-0.2, -0.15) is 0 Å². The number of hydrogen-bond acceptors (Lipinski definition) is 4. The van der Waals surface area contributed by atoms with E-state index in [9.17, 15) is 4.79 Å². The van der Waals surface area contributed by atoms with Crippen LogP contribution in [-0.2, 0) is 16.1 Å². The van der Waals surface area contributed by atoms with Crippen LogP contribution in [0.3, 0.4) is 0 Å². The third-order valence-corrected chi connectivity index (χ3v) is 2.82. The summed E-state index contributed by atoms with van der Waals surface area (Å²) in [5, 5.41) is 3.33. The highest BCUT2D eigenvalue weighted by Gasteiger charge is 2.19. The number of carbonyl (C=O) groups is 1. The van der Waals surface area contributed by atoms with Gasteiger partial charge in [0.05, 0.1) is 18.6 Å². The lowest BCUT2D eigenvalue weighted by molar-refractivity contribution is -0.147. The van der Waals surface area contributed by atoms with E-state index in [4.69, 9.17) is 4.74 Å². The lowest BCUT2D eigenvalue weighted by Crippen LogP contribution is -2.21. The number of imidazole rings is 1. The molecular formula is C14H25N3O2. The van der Waals surface area contributed by atoms with Gasteiger partial charge >= 0.3 is 5.97 Å². The molecule has 1 atom stereocenters. The molecular weight excluding hydrogens is 242 g/mol. The van der Waals surface area contributed by atoms with Gasteiger partial charge in [0.2, 0.25) is 0 Å². The Morgan fingerprint density at radius 1 is 1.47 bits per heavy atom. The summed E-state index contributed by atoms with van der Waals surface area (Å²) in [6, 6.07) is -0.272. The molecule has 0 fully saturated rings. The van der Waals surface area contributed by atoms with Gasteiger partial charge in [0.25, 0.3) is 0 Å². The van der Waals surface area contributed by atoms with E-state index >= 15 is 0 Å². The standard InChI is InChI=1S/C14H25N3O2/c1-5-13(14(18)19-6-2)17-9-12(16-10-17)8-15-7-11(3)4/h9-11,13,15H,5-8H2,1-4H3. The van der Waals surface area contributed by atoms with Crippen LogP contribution < -0.4 is 5.32 Å². The Morgan fingerprint density at radius 2 is 2.21 bits per heavy atom. The molecule has 19 heavy (non-hydrogen) atoms. The van der Waals surface area contributed by atoms with Gasteiger partial charge in [-0.3, -0.25) is 0 Å². The number of hydrogen-bond donors (Lipinski definition) is 1. The Morgan fingerprint density at radius 3 is 2.79 bits per heavy atom. The fourth-order valence-corrected chi connectivity index (χ4v) is 1.87. The second kappa shape index (κ2) is 7.94. The first-order valence-corrected chi connectivity index (χ1v) is 6.98. The Bertz CT molecular complexity index is 388. The largest absolute Gasteiger partial charge is 0.464 e. The molecule has 5 nitrogen and oxygen atoms in total. The van der Waals surface area contributed by atoms with Crippen LogP contribution in [0.4, 0.5) is 0 Å². The molecule has 0 aliphatic carbocycles. The third kappa shape index (κ3) is 5.03. The first-order chi connectivity index (χ1) is 9.08. The summed E-state index contributed by atoms with van der Waals surface area (Å²) in [6.07, 6.45) is 4.32. The van der Waals surface area contributed by atoms with E-state index in [0.29, 0.717) is 18.9 Å². The van der Waals surface area contributed by atoms with E-state index in [1.54, 1.807) is 6.33 Å². The summed E-state index contributed by atoms with van der Waals surface area (Å²) in [7, 11) is 0. The van der Waals surface area contributed by atoms with Crippen molar-refractivity contribution in [1.29, 1.82) is 0 Å². The van der Waals surface area contributed by atoms with E-state index in [2.05, 4.69) is 24.1 Å². The Labute approximate surface area is 115 Å². The summed E-state index contributed by atoms with van der Waals surface area (Å²) in [6.45, 7) is 10.2. The normalized spacial score (nSPS) is 12.7. The fraction of sp³-hybridized carbons (Fsp3) is 0.714. The highest BCUT2D eigenvalue weighted by molar-refractivity contribution is 5.74. The van der Waals surface area contributed by atoms with Gasteiger partial charge in [0, 0.05) is 12.7 Å². The molecule has 108 valence electrons. The maximum Gasteiger partial charge on any atom is 0.329 e. The number of carbonyl (C=O) groups excluding carboxylic acids is 1. The molecule has 5 heteroatoms. The molecule has 0 bridgehead atoms. The minimum Gasteiger partial charge on any atom is -0.464 e. The quantitative estimate of drug-likeness (QED) is 0.733. The van der Waals surface area contributed by atoms with E-state index < -0.39 is 0 Å². The van der Waals surface area contributed by atoms with Gasteiger partial charge in [-0.1, -0.05) is 20.8 Å². The molecule has 1 aromatic rings. The predicted molar refractivity (Wildman–Crippen MR) is 74.7 cm³/mol. The summed E-state index contributed by atoms with van der Waals surface area (Å²) < 4.78 is 6.91. The first kappa shape index (κ1) is 15.7. The van der Waals surface area contributed by atoms with Gasteiger partial charge < -0.3 is 14.6 Å². The van der Waals surface area contributed by atoms with E-state index in [1.165, 1.54) is 0 Å². The smallest absolute Gasteiger partial charge is 0.329 e. The third-order valence-electron chi connectivity index (χ3n) is 2.82. The van der Waals surface area contributed by atoms with Crippen LogP contribution in [0, 0.1) is 5.92 Å². The topological polar surface area (TPSA) is 56.2 Å². The lowest BCUT2D eigenvalue weighted by Gasteiger charge is -2.14. The van der Waals surface area contributed by atoms with E-state index in [-0.39, 0.29) is 12.0 Å². The molecule has 0 aliphatic heterocycles. The second-order valence-electron chi connectivity index (χ2n) is 5.01. The van der Waals surface area contributed by atoms with Crippen molar-refractivity contribution >= 4 is 5.97 Å². The van der Waals surface area contributed by atoms with Crippen LogP contribution in [0.15, 0.2) is 12.5 Å². The van der Waals surface area contributed by atoms with Crippen LogP contribution in [0.25, 0.3) is 0 Å². The summed E-state index contributed by atoms with van der Waals surface area (Å²) in [4.78, 5) is 16.1. The van der Waals surface area contributed by atoms with Crippen molar-refractivity contribution in [3.63, 3.8) is 0 Å². The SMILES string of the molecule is CCOC(=O)C(CC)n1cnc(CNCC(C)C)c1. The number of esters is 1. The molecule has 0 radical (unpaired) electrons. The lowest BCUT2D eigenvalue weighted by atomic mass is 10.2. The summed E-state index contributed by atoms with van der Waals surface area (Å²) >= 11 is 0. The van der Waals surface area contributed by atoms with Gasteiger partial charge in [-0.25, -0.2) is 9.78 Å². The molecule has 0 spiro atoms. The van der Waals surface area contributed by atoms with Gasteiger partial charge in [-0.15, -0.1) is 0 Å². The highest BCUT2D eigenvalue weighted by Crippen LogP contribution is 2.14. The molecule has 1 rings (SSSR count). The number of nitrogens with zero attached hydrogens (tertiary/aromatic N) is 2. The molecule has 0 saturated carbocycles. The zero-order valence-electron chi connectivity index (χ0n) is 12.3. The van der Waals surface area contributed by atoms with Gasteiger partial charge in [0.1, 0.15) is 6.04 Å². The van der Waals surface area contributed by atoms with E-state index in [0.717, 1.165) is 18.8 Å². The van der Waals surface area contributed by atoms with Crippen LogP contribution in [0.5, 0.6) is 0 Å². The predicted octanol–water partition coefficient (Wildman–Crippen LogP) is 2.14. The van der Waals surface area contributed by atoms with Crippen molar-refractivity contribution in [2.75, 3.05) is 13.2 Å². The minimum absolute atomic E-state index is 0.191. The second-order valence-corrected chi connectivity index (χ2v) is 5.01. The van der Waals surface area contributed by atoms with Gasteiger partial charge in [-0.05, 0) is 25.8 Å². The molecule has 0 aromatic carbocycles. The summed E-state index contributed by atoms with van der Waals surface area (Å²) in [5.41, 5.74) is 0.948. The van der Waals surface area contributed by atoms with Crippen LogP contribution in [-0.4, -0.2) is 28.7 Å². The Kier molecular flexibility index (Phi) is 6.56. The average Bonchev–Trinajstić information content (AvgIpc) is 2.78. The molecule has 1 unspecified atom stereocenters. The highest BCUT2D eigenvalue weighted by atomic mass is 16.5. The molecule has 0 amide bonds. The molecule has 1 N–H and O–H groups in total. The van der Waals surface area contributed by atoms with Crippen molar-refractivity contribution < 1.29 is 9.53 Å². The summed E-state index contributed by atoms with van der Waals surface area (Å²) in [5.74, 6) is 0.425. The van der Waals surface area contributed by atoms with Crippen molar-refractivity contribution in [1.82, 2.24) is 14.9 Å². The first-order valence-electron chi connectivity index (χ1n) is 6.98. The average molecular weight is 267 g/mol. The van der Waals surface area contributed by atoms with Crippen molar-refractivity contribution in [3.05, 3.63) is 18.2 Å². The van der Waals surface area contributed by atoms with Crippen LogP contribution in [0.2, 0.25) is 0 Å². The number of ether oxygens (including phenoxy) is 1. The van der Waals surface area contributed by atoms with Crippen molar-refractivity contribution in [2.45, 2.75) is 46.7 Å². The molecule has 1 heterocycles. The zero-order valence-corrected chi connectivity index (χ0v) is 12.3. The minimum atomic E-state index is -0.272. The van der Waals surface area contributed by atoms with Crippen molar-refractivity contribution in [3.8, 4) is 0 Å². The van der Waals surface area contributed by atoms with E-state index in [1.807, 2.05) is 24.6 Å². The zero-order chi connectivity index (χ0) is 14.3. The number of nitrogens with one attached hydrogen (secondary N) is 1. The maximum atomic E-state index is 11.8. The van der Waals surface area contributed by atoms with Crippen molar-refractivity contribution in [2.24, 2.45) is 5.92 Å². The Hall–Kier alpha value is -1.36.